The lowest BCUT2D eigenvalue weighted by molar-refractivity contribution is 0.591. The Balaban J connectivity index is 2.14. The van der Waals surface area contributed by atoms with Crippen molar-refractivity contribution in [1.82, 2.24) is 5.32 Å². The fourth-order valence-corrected chi connectivity index (χ4v) is 0.961. The predicted molar refractivity (Wildman–Crippen MR) is 31.0 cm³/mol. The third-order valence-corrected chi connectivity index (χ3v) is 1.57. The summed E-state index contributed by atoms with van der Waals surface area (Å²) in [5.74, 6) is 0.875. The highest BCUT2D eigenvalue weighted by molar-refractivity contribution is 4.70. The van der Waals surface area contributed by atoms with Crippen LogP contribution in [0.5, 0.6) is 0 Å². The molecule has 41 valence electrons. The van der Waals surface area contributed by atoms with E-state index in [1.807, 2.05) is 0 Å². The summed E-state index contributed by atoms with van der Waals surface area (Å²) < 4.78 is 0. The van der Waals surface area contributed by atoms with Gasteiger partial charge in [0.25, 0.3) is 0 Å². The van der Waals surface area contributed by atoms with Crippen molar-refractivity contribution in [2.75, 3.05) is 13.1 Å². The van der Waals surface area contributed by atoms with Crippen LogP contribution in [-0.4, -0.2) is 13.1 Å². The van der Waals surface area contributed by atoms with E-state index in [-0.39, 0.29) is 0 Å². The van der Waals surface area contributed by atoms with Crippen LogP contribution in [0.15, 0.2) is 0 Å². The summed E-state index contributed by atoms with van der Waals surface area (Å²) in [6.07, 6.45) is 2.44. The molecule has 1 heteroatoms. The minimum Gasteiger partial charge on any atom is -0.316 e. The highest BCUT2D eigenvalue weighted by Crippen LogP contribution is 2.09. The second-order valence-electron chi connectivity index (χ2n) is 2.15. The lowest BCUT2D eigenvalue weighted by Crippen LogP contribution is -2.07. The van der Waals surface area contributed by atoms with Gasteiger partial charge in [-0.25, -0.2) is 0 Å². The Morgan fingerprint density at radius 1 is 1.71 bits per heavy atom. The van der Waals surface area contributed by atoms with Gasteiger partial charge >= 0.3 is 0 Å². The van der Waals surface area contributed by atoms with E-state index in [0.29, 0.717) is 0 Å². The van der Waals surface area contributed by atoms with Crippen molar-refractivity contribution in [2.45, 2.75) is 12.8 Å². The van der Waals surface area contributed by atoms with E-state index in [9.17, 15) is 0 Å². The van der Waals surface area contributed by atoms with Gasteiger partial charge in [-0.15, -0.1) is 0 Å². The molecule has 0 bridgehead atoms. The van der Waals surface area contributed by atoms with E-state index in [0.717, 1.165) is 12.3 Å². The second-order valence-corrected chi connectivity index (χ2v) is 2.15. The van der Waals surface area contributed by atoms with Gasteiger partial charge in [-0.3, -0.25) is 0 Å². The normalized spacial score (nSPS) is 31.3. The molecule has 0 amide bonds. The first-order chi connectivity index (χ1) is 3.43. The molecular weight excluding hydrogens is 86.1 g/mol. The fourth-order valence-electron chi connectivity index (χ4n) is 0.961. The van der Waals surface area contributed by atoms with Crippen LogP contribution >= 0.6 is 0 Å². The molecule has 0 saturated carbocycles. The predicted octanol–water partition coefficient (Wildman–Crippen LogP) is 0.820. The van der Waals surface area contributed by atoms with Gasteiger partial charge in [0.2, 0.25) is 0 Å². The van der Waals surface area contributed by atoms with Gasteiger partial charge in [-0.05, 0) is 31.8 Å². The molecule has 0 aromatic carbocycles. The summed E-state index contributed by atoms with van der Waals surface area (Å²) in [6.45, 7) is 6.23. The van der Waals surface area contributed by atoms with Crippen LogP contribution in [0.25, 0.3) is 0 Å². The summed E-state index contributed by atoms with van der Waals surface area (Å²) in [4.78, 5) is 0. The Hall–Kier alpha value is -0.0400. The maximum Gasteiger partial charge on any atom is -0.00200 e. The standard InChI is InChI=1S/C6H12N/c1-2-6-3-4-7-5-6/h6-7H,1-5H2. The van der Waals surface area contributed by atoms with Crippen LogP contribution in [0, 0.1) is 12.8 Å². The molecule has 1 atom stereocenters. The van der Waals surface area contributed by atoms with Crippen LogP contribution in [0.4, 0.5) is 0 Å². The summed E-state index contributed by atoms with van der Waals surface area (Å²) >= 11 is 0. The Morgan fingerprint density at radius 3 is 2.86 bits per heavy atom. The highest BCUT2D eigenvalue weighted by Gasteiger charge is 2.10. The molecule has 1 aliphatic heterocycles. The number of nitrogens with one attached hydrogen (secondary N) is 1. The van der Waals surface area contributed by atoms with Crippen molar-refractivity contribution in [3.8, 4) is 0 Å². The van der Waals surface area contributed by atoms with Gasteiger partial charge < -0.3 is 5.32 Å². The van der Waals surface area contributed by atoms with Crippen LogP contribution in [0.1, 0.15) is 12.8 Å². The van der Waals surface area contributed by atoms with E-state index in [1.54, 1.807) is 0 Å². The molecule has 1 N–H and O–H groups in total. The minimum absolute atomic E-state index is 0.875. The smallest absolute Gasteiger partial charge is 0.00200 e. The van der Waals surface area contributed by atoms with Crippen LogP contribution < -0.4 is 5.32 Å². The molecule has 0 aromatic rings. The topological polar surface area (TPSA) is 12.0 Å². The Kier molecular flexibility index (Phi) is 1.69. The lowest BCUT2D eigenvalue weighted by atomic mass is 10.1. The lowest BCUT2D eigenvalue weighted by Gasteiger charge is -1.98. The van der Waals surface area contributed by atoms with Crippen LogP contribution in [0.2, 0.25) is 0 Å². The molecule has 1 saturated heterocycles. The van der Waals surface area contributed by atoms with Gasteiger partial charge in [0.05, 0.1) is 0 Å². The monoisotopic (exact) mass is 98.1 g/mol. The minimum atomic E-state index is 0.875. The molecular formula is C6H12N. The van der Waals surface area contributed by atoms with Crippen molar-refractivity contribution in [2.24, 2.45) is 5.92 Å². The fraction of sp³-hybridized carbons (Fsp3) is 0.833. The molecule has 1 nitrogen and oxygen atoms in total. The zero-order valence-electron chi connectivity index (χ0n) is 4.61. The summed E-state index contributed by atoms with van der Waals surface area (Å²) in [7, 11) is 0. The molecule has 1 unspecified atom stereocenters. The van der Waals surface area contributed by atoms with Crippen molar-refractivity contribution >= 4 is 0 Å². The first-order valence-corrected chi connectivity index (χ1v) is 2.93. The molecule has 1 rings (SSSR count). The largest absolute Gasteiger partial charge is 0.316 e. The Morgan fingerprint density at radius 2 is 2.57 bits per heavy atom. The molecule has 1 aliphatic rings. The number of hydrogen-bond donors (Lipinski definition) is 1. The molecule has 1 radical (unpaired) electrons. The van der Waals surface area contributed by atoms with Crippen LogP contribution in [0.3, 0.4) is 0 Å². The maximum atomic E-state index is 3.83. The van der Waals surface area contributed by atoms with Crippen LogP contribution in [-0.2, 0) is 0 Å². The average Bonchev–Trinajstić information content (AvgIpc) is 2.14. The molecule has 0 aliphatic carbocycles. The van der Waals surface area contributed by atoms with Gasteiger partial charge in [0.15, 0.2) is 0 Å². The summed E-state index contributed by atoms with van der Waals surface area (Å²) in [6, 6.07) is 0. The third-order valence-electron chi connectivity index (χ3n) is 1.57. The Labute approximate surface area is 45.1 Å². The number of rotatable bonds is 1. The third kappa shape index (κ3) is 1.16. The highest BCUT2D eigenvalue weighted by atomic mass is 14.9. The zero-order chi connectivity index (χ0) is 5.11. The molecule has 1 fully saturated rings. The second kappa shape index (κ2) is 2.31. The van der Waals surface area contributed by atoms with Crippen molar-refractivity contribution in [1.29, 1.82) is 0 Å². The van der Waals surface area contributed by atoms with Gasteiger partial charge in [0, 0.05) is 0 Å². The van der Waals surface area contributed by atoms with E-state index < -0.39 is 0 Å². The van der Waals surface area contributed by atoms with Crippen molar-refractivity contribution in [3.05, 3.63) is 6.92 Å². The molecule has 1 heterocycles. The summed E-state index contributed by atoms with van der Waals surface area (Å²) in [5.41, 5.74) is 0. The zero-order valence-corrected chi connectivity index (χ0v) is 4.61. The van der Waals surface area contributed by atoms with E-state index in [1.165, 1.54) is 19.5 Å². The van der Waals surface area contributed by atoms with E-state index in [2.05, 4.69) is 12.2 Å². The molecule has 7 heavy (non-hydrogen) atoms. The van der Waals surface area contributed by atoms with Gasteiger partial charge in [-0.2, -0.15) is 0 Å². The van der Waals surface area contributed by atoms with Gasteiger partial charge in [-0.1, -0.05) is 6.92 Å². The van der Waals surface area contributed by atoms with Crippen molar-refractivity contribution < 1.29 is 0 Å². The molecule has 0 aromatic heterocycles. The first-order valence-electron chi connectivity index (χ1n) is 2.93. The quantitative estimate of drug-likeness (QED) is 0.512. The molecule has 0 spiro atoms. The maximum absolute atomic E-state index is 3.83. The Bertz CT molecular complexity index is 46.1. The first kappa shape index (κ1) is 5.10. The van der Waals surface area contributed by atoms with Gasteiger partial charge in [0.1, 0.15) is 0 Å². The SMILES string of the molecule is [CH2]CC1CCNC1. The number of hydrogen-bond acceptors (Lipinski definition) is 1. The van der Waals surface area contributed by atoms with Crippen molar-refractivity contribution in [3.63, 3.8) is 0 Å². The van der Waals surface area contributed by atoms with E-state index >= 15 is 0 Å². The summed E-state index contributed by atoms with van der Waals surface area (Å²) in [5, 5.41) is 3.28. The van der Waals surface area contributed by atoms with E-state index in [4.69, 9.17) is 0 Å². The average molecular weight is 98.2 g/mol.